The fourth-order valence-corrected chi connectivity index (χ4v) is 5.34. The highest BCUT2D eigenvalue weighted by atomic mass is 16.5. The van der Waals surface area contributed by atoms with Crippen molar-refractivity contribution in [3.63, 3.8) is 0 Å². The maximum Gasteiger partial charge on any atom is 0.257 e. The molecule has 1 saturated heterocycles. The van der Waals surface area contributed by atoms with Crippen LogP contribution in [-0.4, -0.2) is 59.7 Å². The molecule has 5 rings (SSSR count). The van der Waals surface area contributed by atoms with Crippen LogP contribution in [-0.2, 0) is 14.3 Å². The Bertz CT molecular complexity index is 1510. The zero-order valence-electron chi connectivity index (χ0n) is 23.6. The van der Waals surface area contributed by atoms with E-state index in [1.165, 1.54) is 14.2 Å². The number of likely N-dealkylation sites (tertiary alicyclic amines) is 1. The highest BCUT2D eigenvalue weighted by Crippen LogP contribution is 2.35. The summed E-state index contributed by atoms with van der Waals surface area (Å²) in [5.41, 5.74) is 3.13. The van der Waals surface area contributed by atoms with Crippen molar-refractivity contribution in [2.45, 2.75) is 38.0 Å². The van der Waals surface area contributed by atoms with Crippen LogP contribution in [0.3, 0.4) is 0 Å². The number of aromatic nitrogens is 2. The van der Waals surface area contributed by atoms with Gasteiger partial charge in [-0.2, -0.15) is 0 Å². The van der Waals surface area contributed by atoms with Gasteiger partial charge in [-0.1, -0.05) is 54.6 Å². The normalized spacial score (nSPS) is 17.2. The molecule has 3 atom stereocenters. The molecule has 0 aliphatic carbocycles. The van der Waals surface area contributed by atoms with Crippen molar-refractivity contribution in [3.05, 3.63) is 90.6 Å². The molecule has 1 N–H and O–H groups in total. The van der Waals surface area contributed by atoms with Crippen LogP contribution in [0.25, 0.3) is 16.9 Å². The van der Waals surface area contributed by atoms with Crippen molar-refractivity contribution in [2.24, 2.45) is 0 Å². The molecule has 0 spiro atoms. The first-order valence-electron chi connectivity index (χ1n) is 13.5. The summed E-state index contributed by atoms with van der Waals surface area (Å²) in [7, 11) is 4.57. The lowest BCUT2D eigenvalue weighted by molar-refractivity contribution is -0.148. The van der Waals surface area contributed by atoms with E-state index in [4.69, 9.17) is 19.2 Å². The minimum Gasteiger partial charge on any atom is -0.493 e. The van der Waals surface area contributed by atoms with E-state index in [0.717, 1.165) is 16.9 Å². The second kappa shape index (κ2) is 12.3. The number of rotatable bonds is 9. The summed E-state index contributed by atoms with van der Waals surface area (Å²) in [6.07, 6.45) is 2.20. The largest absolute Gasteiger partial charge is 0.493 e. The maximum atomic E-state index is 13.9. The summed E-state index contributed by atoms with van der Waals surface area (Å²) in [5.74, 6) is 0.836. The van der Waals surface area contributed by atoms with Gasteiger partial charge in [-0.25, -0.2) is 4.98 Å². The van der Waals surface area contributed by atoms with E-state index in [1.54, 1.807) is 30.2 Å². The van der Waals surface area contributed by atoms with E-state index in [-0.39, 0.29) is 17.9 Å². The molecule has 1 aromatic heterocycles. The number of carbonyl (C=O) groups is 2. The monoisotopic (exact) mass is 554 g/mol. The number of carbonyl (C=O) groups excluding carboxylic acids is 2. The van der Waals surface area contributed by atoms with Gasteiger partial charge in [0, 0.05) is 30.6 Å². The van der Waals surface area contributed by atoms with Crippen LogP contribution in [0.4, 0.5) is 5.95 Å². The molecule has 0 radical (unpaired) electrons. The molecule has 4 aromatic rings. The van der Waals surface area contributed by atoms with Gasteiger partial charge >= 0.3 is 0 Å². The van der Waals surface area contributed by atoms with Gasteiger partial charge in [0.15, 0.2) is 17.6 Å². The van der Waals surface area contributed by atoms with Crippen molar-refractivity contribution in [3.8, 4) is 28.4 Å². The number of hydrogen-bond acceptors (Lipinski definition) is 6. The molecule has 1 aliphatic heterocycles. The molecule has 1 fully saturated rings. The molecule has 9 heteroatoms. The summed E-state index contributed by atoms with van der Waals surface area (Å²) in [4.78, 5) is 34.1. The Morgan fingerprint density at radius 1 is 0.902 bits per heavy atom. The molecule has 0 saturated carbocycles. The van der Waals surface area contributed by atoms with Gasteiger partial charge in [-0.05, 0) is 49.6 Å². The van der Waals surface area contributed by atoms with Crippen molar-refractivity contribution >= 4 is 17.8 Å². The van der Waals surface area contributed by atoms with Crippen molar-refractivity contribution < 1.29 is 23.8 Å². The van der Waals surface area contributed by atoms with Crippen LogP contribution in [0.1, 0.15) is 31.4 Å². The Hall–Kier alpha value is -4.63. The highest BCUT2D eigenvalue weighted by Gasteiger charge is 2.42. The van der Waals surface area contributed by atoms with Crippen LogP contribution in [0, 0.1) is 0 Å². The number of benzene rings is 3. The lowest BCUT2D eigenvalue weighted by Gasteiger charge is -2.31. The smallest absolute Gasteiger partial charge is 0.257 e. The fraction of sp³-hybridized carbons (Fsp3) is 0.281. The van der Waals surface area contributed by atoms with Gasteiger partial charge in [0.05, 0.1) is 19.9 Å². The first-order valence-corrected chi connectivity index (χ1v) is 13.5. The van der Waals surface area contributed by atoms with Gasteiger partial charge in [0.25, 0.3) is 5.91 Å². The zero-order valence-corrected chi connectivity index (χ0v) is 23.6. The molecule has 2 heterocycles. The number of anilines is 1. The van der Waals surface area contributed by atoms with E-state index >= 15 is 0 Å². The highest BCUT2D eigenvalue weighted by molar-refractivity contribution is 5.98. The quantitative estimate of drug-likeness (QED) is 0.303. The topological polar surface area (TPSA) is 94.9 Å². The molecule has 3 aromatic carbocycles. The number of methoxy groups -OCH3 is 3. The third-order valence-corrected chi connectivity index (χ3v) is 7.44. The number of ether oxygens (including phenoxy) is 3. The number of hydrogen-bond donors (Lipinski definition) is 1. The molecule has 0 unspecified atom stereocenters. The Balaban J connectivity index is 1.43. The number of nitrogens with zero attached hydrogens (tertiary/aromatic N) is 3. The van der Waals surface area contributed by atoms with Crippen LogP contribution >= 0.6 is 0 Å². The predicted molar refractivity (Wildman–Crippen MR) is 156 cm³/mol. The third kappa shape index (κ3) is 5.67. The maximum absolute atomic E-state index is 13.9. The Morgan fingerprint density at radius 2 is 1.59 bits per heavy atom. The Labute approximate surface area is 239 Å². The van der Waals surface area contributed by atoms with Crippen LogP contribution in [0.5, 0.6) is 11.5 Å². The standard InChI is InChI=1S/C32H34N4O5/c1-21-15-17-26(36(21)31(38)29(41-4)23-16-18-27(39-2)28(19-23)40-3)30(37)34-32-33-25(22-11-7-5-8-12-22)20-35(32)24-13-9-6-10-14-24/h5-14,16,18-21,26,29H,15,17H2,1-4H3,(H,33,34,37)/t21-,26+,29+/m0/s1. The minimum absolute atomic E-state index is 0.148. The molecular weight excluding hydrogens is 520 g/mol. The second-order valence-corrected chi connectivity index (χ2v) is 9.93. The van der Waals surface area contributed by atoms with E-state index in [0.29, 0.717) is 35.9 Å². The fourth-order valence-electron chi connectivity index (χ4n) is 5.34. The van der Waals surface area contributed by atoms with Gasteiger partial charge in [0.2, 0.25) is 11.9 Å². The van der Waals surface area contributed by atoms with Crippen molar-refractivity contribution in [1.29, 1.82) is 0 Å². The molecule has 41 heavy (non-hydrogen) atoms. The first-order chi connectivity index (χ1) is 19.9. The van der Waals surface area contributed by atoms with Crippen LogP contribution in [0.15, 0.2) is 85.1 Å². The minimum atomic E-state index is -0.915. The number of imidazole rings is 1. The Kier molecular flexibility index (Phi) is 8.35. The molecule has 2 amide bonds. The average Bonchev–Trinajstić information content (AvgIpc) is 3.61. The van der Waals surface area contributed by atoms with Crippen LogP contribution in [0.2, 0.25) is 0 Å². The summed E-state index contributed by atoms with van der Waals surface area (Å²) in [6, 6.07) is 23.9. The number of amides is 2. The van der Waals surface area contributed by atoms with Gasteiger partial charge in [0.1, 0.15) is 6.04 Å². The zero-order chi connectivity index (χ0) is 28.9. The summed E-state index contributed by atoms with van der Waals surface area (Å²) < 4.78 is 18.3. The number of para-hydroxylation sites is 1. The number of nitrogens with one attached hydrogen (secondary N) is 1. The molecule has 0 bridgehead atoms. The van der Waals surface area contributed by atoms with E-state index < -0.39 is 12.1 Å². The average molecular weight is 555 g/mol. The molecular formula is C32H34N4O5. The first kappa shape index (κ1) is 27.9. The predicted octanol–water partition coefficient (Wildman–Crippen LogP) is 5.26. The SMILES string of the molecule is COc1ccc([C@@H](OC)C(=O)N2[C@@H](C(=O)Nc3nc(-c4ccccc4)cn3-c3ccccc3)CC[C@@H]2C)cc1OC. The lowest BCUT2D eigenvalue weighted by atomic mass is 10.1. The third-order valence-electron chi connectivity index (χ3n) is 7.44. The molecule has 1 aliphatic rings. The Morgan fingerprint density at radius 3 is 2.24 bits per heavy atom. The van der Waals surface area contributed by atoms with E-state index in [1.807, 2.05) is 78.4 Å². The second-order valence-electron chi connectivity index (χ2n) is 9.93. The molecule has 9 nitrogen and oxygen atoms in total. The van der Waals surface area contributed by atoms with E-state index in [9.17, 15) is 9.59 Å². The lowest BCUT2D eigenvalue weighted by Crippen LogP contribution is -2.48. The van der Waals surface area contributed by atoms with Gasteiger partial charge in [-0.15, -0.1) is 0 Å². The van der Waals surface area contributed by atoms with Crippen molar-refractivity contribution in [2.75, 3.05) is 26.6 Å². The van der Waals surface area contributed by atoms with Gasteiger partial charge in [-0.3, -0.25) is 19.5 Å². The summed E-state index contributed by atoms with van der Waals surface area (Å²) in [5, 5.41) is 3.02. The van der Waals surface area contributed by atoms with Gasteiger partial charge < -0.3 is 19.1 Å². The summed E-state index contributed by atoms with van der Waals surface area (Å²) in [6.45, 7) is 1.95. The van der Waals surface area contributed by atoms with E-state index in [2.05, 4.69) is 5.32 Å². The molecule has 212 valence electrons. The van der Waals surface area contributed by atoms with Crippen LogP contribution < -0.4 is 14.8 Å². The summed E-state index contributed by atoms with van der Waals surface area (Å²) >= 11 is 0. The van der Waals surface area contributed by atoms with Crippen molar-refractivity contribution in [1.82, 2.24) is 14.5 Å².